The van der Waals surface area contributed by atoms with E-state index in [1.54, 1.807) is 0 Å². The SMILES string of the molecule is CCc1sc(C(=O)N(CC(C)C)c2c(N)n(CC(C)C)c(=O)[nH]c2=O)cc1C. The predicted molar refractivity (Wildman–Crippen MR) is 116 cm³/mol. The van der Waals surface area contributed by atoms with Crippen molar-refractivity contribution in [2.45, 2.75) is 54.5 Å². The summed E-state index contributed by atoms with van der Waals surface area (Å²) in [5.41, 5.74) is 6.15. The number of H-pyrrole nitrogens is 1. The quantitative estimate of drug-likeness (QED) is 0.738. The molecule has 154 valence electrons. The number of carbonyl (C=O) groups is 1. The van der Waals surface area contributed by atoms with Crippen molar-refractivity contribution in [1.29, 1.82) is 0 Å². The van der Waals surface area contributed by atoms with Gasteiger partial charge in [-0.15, -0.1) is 11.3 Å². The lowest BCUT2D eigenvalue weighted by molar-refractivity contribution is 0.0987. The first kappa shape index (κ1) is 21.9. The highest BCUT2D eigenvalue weighted by Crippen LogP contribution is 2.27. The van der Waals surface area contributed by atoms with Gasteiger partial charge in [-0.05, 0) is 36.8 Å². The maximum atomic E-state index is 13.3. The molecule has 2 heterocycles. The predicted octanol–water partition coefficient (Wildman–Crippen LogP) is 3.01. The van der Waals surface area contributed by atoms with E-state index in [1.807, 2.05) is 47.6 Å². The summed E-state index contributed by atoms with van der Waals surface area (Å²) in [5.74, 6) is 0.0221. The Labute approximate surface area is 169 Å². The second kappa shape index (κ2) is 8.77. The minimum atomic E-state index is -0.638. The maximum Gasteiger partial charge on any atom is 0.330 e. The number of anilines is 2. The first-order valence-electron chi connectivity index (χ1n) is 9.60. The number of hydrogen-bond acceptors (Lipinski definition) is 5. The number of nitrogens with one attached hydrogen (secondary N) is 1. The van der Waals surface area contributed by atoms with Crippen molar-refractivity contribution in [2.75, 3.05) is 17.2 Å². The number of aryl methyl sites for hydroxylation is 2. The highest BCUT2D eigenvalue weighted by molar-refractivity contribution is 7.14. The highest BCUT2D eigenvalue weighted by Gasteiger charge is 2.27. The molecule has 0 saturated carbocycles. The largest absolute Gasteiger partial charge is 0.383 e. The summed E-state index contributed by atoms with van der Waals surface area (Å²) in [6, 6.07) is 1.85. The van der Waals surface area contributed by atoms with Gasteiger partial charge in [0.2, 0.25) is 0 Å². The standard InChI is InChI=1S/C20H30N4O3S/c1-7-14-13(6)8-15(28-14)19(26)23(9-11(2)3)16-17(21)24(10-12(4)5)20(27)22-18(16)25/h8,11-12H,7,9-10,21H2,1-6H3,(H,22,25,27). The van der Waals surface area contributed by atoms with Crippen LogP contribution in [0.2, 0.25) is 0 Å². The van der Waals surface area contributed by atoms with Crippen LogP contribution in [0.3, 0.4) is 0 Å². The molecule has 2 aromatic heterocycles. The zero-order chi connectivity index (χ0) is 21.2. The van der Waals surface area contributed by atoms with E-state index in [1.165, 1.54) is 20.8 Å². The topological polar surface area (TPSA) is 101 Å². The van der Waals surface area contributed by atoms with E-state index in [4.69, 9.17) is 5.73 Å². The molecule has 8 heteroatoms. The molecule has 0 aliphatic rings. The van der Waals surface area contributed by atoms with E-state index < -0.39 is 11.2 Å². The van der Waals surface area contributed by atoms with Crippen LogP contribution >= 0.6 is 11.3 Å². The number of amides is 1. The molecule has 0 spiro atoms. The molecule has 0 atom stereocenters. The van der Waals surface area contributed by atoms with Gasteiger partial charge in [0.1, 0.15) is 5.82 Å². The number of thiophene rings is 1. The molecule has 0 bridgehead atoms. The molecule has 0 aliphatic carbocycles. The van der Waals surface area contributed by atoms with Crippen molar-refractivity contribution >= 4 is 28.7 Å². The molecule has 1 amide bonds. The maximum absolute atomic E-state index is 13.3. The molecule has 0 saturated heterocycles. The van der Waals surface area contributed by atoms with Crippen LogP contribution in [0.4, 0.5) is 11.5 Å². The number of nitrogen functional groups attached to an aromatic ring is 1. The fraction of sp³-hybridized carbons (Fsp3) is 0.550. The minimum Gasteiger partial charge on any atom is -0.383 e. The van der Waals surface area contributed by atoms with Crippen LogP contribution in [0.5, 0.6) is 0 Å². The van der Waals surface area contributed by atoms with Crippen molar-refractivity contribution in [3.63, 3.8) is 0 Å². The fourth-order valence-corrected chi connectivity index (χ4v) is 4.20. The first-order chi connectivity index (χ1) is 13.1. The summed E-state index contributed by atoms with van der Waals surface area (Å²) in [6.45, 7) is 12.5. The third-order valence-corrected chi connectivity index (χ3v) is 5.75. The van der Waals surface area contributed by atoms with E-state index in [0.717, 1.165) is 16.9 Å². The van der Waals surface area contributed by atoms with Gasteiger partial charge in [-0.25, -0.2) is 4.79 Å². The van der Waals surface area contributed by atoms with Crippen LogP contribution < -0.4 is 21.9 Å². The summed E-state index contributed by atoms with van der Waals surface area (Å²) in [4.78, 5) is 43.7. The summed E-state index contributed by atoms with van der Waals surface area (Å²) in [6.07, 6.45) is 0.843. The van der Waals surface area contributed by atoms with Gasteiger partial charge in [-0.1, -0.05) is 34.6 Å². The molecule has 0 unspecified atom stereocenters. The summed E-state index contributed by atoms with van der Waals surface area (Å²) < 4.78 is 1.33. The first-order valence-corrected chi connectivity index (χ1v) is 10.4. The Hall–Kier alpha value is -2.35. The number of nitrogens with zero attached hydrogens (tertiary/aromatic N) is 2. The third kappa shape index (κ3) is 4.55. The van der Waals surface area contributed by atoms with Gasteiger partial charge in [0.25, 0.3) is 11.5 Å². The van der Waals surface area contributed by atoms with Crippen molar-refractivity contribution < 1.29 is 4.79 Å². The van der Waals surface area contributed by atoms with E-state index in [-0.39, 0.29) is 29.2 Å². The summed E-state index contributed by atoms with van der Waals surface area (Å²) in [5, 5.41) is 0. The summed E-state index contributed by atoms with van der Waals surface area (Å²) >= 11 is 1.43. The Balaban J connectivity index is 2.64. The molecule has 2 aromatic rings. The van der Waals surface area contributed by atoms with Crippen LogP contribution in [0, 0.1) is 18.8 Å². The number of rotatable bonds is 7. The van der Waals surface area contributed by atoms with Crippen LogP contribution in [-0.2, 0) is 13.0 Å². The Morgan fingerprint density at radius 3 is 2.39 bits per heavy atom. The number of aromatic nitrogens is 2. The van der Waals surface area contributed by atoms with Crippen LogP contribution in [0.1, 0.15) is 54.7 Å². The molecule has 2 rings (SSSR count). The van der Waals surface area contributed by atoms with Crippen molar-refractivity contribution in [2.24, 2.45) is 11.8 Å². The normalized spacial score (nSPS) is 11.4. The lowest BCUT2D eigenvalue weighted by Gasteiger charge is -2.26. The molecule has 0 fully saturated rings. The molecule has 7 nitrogen and oxygen atoms in total. The van der Waals surface area contributed by atoms with Gasteiger partial charge in [-0.3, -0.25) is 24.0 Å². The molecule has 0 radical (unpaired) electrons. The second-order valence-electron chi connectivity index (χ2n) is 7.88. The number of hydrogen-bond donors (Lipinski definition) is 2. The van der Waals surface area contributed by atoms with Gasteiger partial charge in [-0.2, -0.15) is 0 Å². The Morgan fingerprint density at radius 2 is 1.89 bits per heavy atom. The van der Waals surface area contributed by atoms with Crippen molar-refractivity contribution in [3.8, 4) is 0 Å². The van der Waals surface area contributed by atoms with Crippen LogP contribution in [-0.4, -0.2) is 22.0 Å². The van der Waals surface area contributed by atoms with E-state index in [9.17, 15) is 14.4 Å². The van der Waals surface area contributed by atoms with E-state index >= 15 is 0 Å². The smallest absolute Gasteiger partial charge is 0.330 e. The zero-order valence-electron chi connectivity index (χ0n) is 17.5. The monoisotopic (exact) mass is 406 g/mol. The Morgan fingerprint density at radius 1 is 1.25 bits per heavy atom. The molecule has 28 heavy (non-hydrogen) atoms. The fourth-order valence-electron chi connectivity index (χ4n) is 3.13. The lowest BCUT2D eigenvalue weighted by Crippen LogP contribution is -2.42. The Bertz CT molecular complexity index is 969. The highest BCUT2D eigenvalue weighted by atomic mass is 32.1. The van der Waals surface area contributed by atoms with Gasteiger partial charge < -0.3 is 5.73 Å². The lowest BCUT2D eigenvalue weighted by atomic mass is 10.1. The average Bonchev–Trinajstić information content (AvgIpc) is 2.97. The van der Waals surface area contributed by atoms with Gasteiger partial charge >= 0.3 is 5.69 Å². The molecular weight excluding hydrogens is 376 g/mol. The minimum absolute atomic E-state index is 0.0282. The molecule has 3 N–H and O–H groups in total. The Kier molecular flexibility index (Phi) is 6.87. The zero-order valence-corrected chi connectivity index (χ0v) is 18.3. The third-order valence-electron chi connectivity index (χ3n) is 4.38. The summed E-state index contributed by atoms with van der Waals surface area (Å²) in [7, 11) is 0. The average molecular weight is 407 g/mol. The van der Waals surface area contributed by atoms with E-state index in [2.05, 4.69) is 4.98 Å². The number of nitrogens with two attached hydrogens (primary N) is 1. The second-order valence-corrected chi connectivity index (χ2v) is 9.01. The number of aromatic amines is 1. The molecular formula is C20H30N4O3S. The molecule has 0 aliphatic heterocycles. The van der Waals surface area contributed by atoms with Crippen LogP contribution in [0.15, 0.2) is 15.7 Å². The number of carbonyl (C=O) groups excluding carboxylic acids is 1. The van der Waals surface area contributed by atoms with Crippen LogP contribution in [0.25, 0.3) is 0 Å². The van der Waals surface area contributed by atoms with Gasteiger partial charge in [0.15, 0.2) is 5.69 Å². The van der Waals surface area contributed by atoms with Gasteiger partial charge in [0.05, 0.1) is 4.88 Å². The van der Waals surface area contributed by atoms with Crippen molar-refractivity contribution in [1.82, 2.24) is 9.55 Å². The van der Waals surface area contributed by atoms with Crippen molar-refractivity contribution in [3.05, 3.63) is 42.2 Å². The van der Waals surface area contributed by atoms with E-state index in [0.29, 0.717) is 18.0 Å². The van der Waals surface area contributed by atoms with Gasteiger partial charge in [0, 0.05) is 18.0 Å². The molecule has 0 aromatic carbocycles.